The van der Waals surface area contributed by atoms with E-state index >= 15 is 0 Å². The molecule has 1 rings (SSSR count). The largest absolute Gasteiger partial charge is 0.707 e. The molecule has 0 atom stereocenters. The van der Waals surface area contributed by atoms with Gasteiger partial charge >= 0.3 is 7.32 Å². The van der Waals surface area contributed by atoms with Crippen LogP contribution in [-0.2, 0) is 0 Å². The van der Waals surface area contributed by atoms with Crippen molar-refractivity contribution in [1.29, 1.82) is 0 Å². The van der Waals surface area contributed by atoms with Crippen LogP contribution in [0.15, 0.2) is 12.1 Å². The van der Waals surface area contributed by atoms with Gasteiger partial charge in [-0.05, 0) is 0 Å². The quantitative estimate of drug-likeness (QED) is 0.574. The van der Waals surface area contributed by atoms with Crippen LogP contribution in [0.5, 0.6) is 11.5 Å². The van der Waals surface area contributed by atoms with Crippen LogP contribution in [0.25, 0.3) is 0 Å². The lowest BCUT2D eigenvalue weighted by Crippen LogP contribution is -2.21. The van der Waals surface area contributed by atoms with Crippen LogP contribution < -0.4 is 4.65 Å². The van der Waals surface area contributed by atoms with Gasteiger partial charge in [0.2, 0.25) is 0 Å². The van der Waals surface area contributed by atoms with E-state index in [1.807, 2.05) is 0 Å². The molecule has 4 nitrogen and oxygen atoms in total. The Morgan fingerprint density at radius 2 is 1.85 bits per heavy atom. The van der Waals surface area contributed by atoms with Gasteiger partial charge in [0.25, 0.3) is 0 Å². The van der Waals surface area contributed by atoms with E-state index in [0.717, 1.165) is 0 Å². The highest BCUT2D eigenvalue weighted by molar-refractivity contribution is 6.33. The summed E-state index contributed by atoms with van der Waals surface area (Å²) in [6, 6.07) is 1.03. The first kappa shape index (κ1) is 9.75. The summed E-state index contributed by atoms with van der Waals surface area (Å²) in [7, 11) is -2.27. The predicted octanol–water partition coefficient (Wildman–Crippen LogP) is 0.0187. The van der Waals surface area contributed by atoms with Crippen LogP contribution in [0.1, 0.15) is 0 Å². The maximum atomic E-state index is 12.7. The van der Waals surface area contributed by atoms with Crippen LogP contribution >= 0.6 is 0 Å². The van der Waals surface area contributed by atoms with Crippen molar-refractivity contribution in [3.05, 3.63) is 23.8 Å². The first-order valence-electron chi connectivity index (χ1n) is 3.21. The van der Waals surface area contributed by atoms with Gasteiger partial charge in [0, 0.05) is 12.1 Å². The highest BCUT2D eigenvalue weighted by Gasteiger charge is 2.19. The highest BCUT2D eigenvalue weighted by atomic mass is 19.1. The Balaban J connectivity index is 3.06. The van der Waals surface area contributed by atoms with E-state index in [9.17, 15) is 8.78 Å². The molecule has 0 saturated heterocycles. The zero-order chi connectivity index (χ0) is 10.0. The average molecular weight is 190 g/mol. The van der Waals surface area contributed by atoms with Gasteiger partial charge in [-0.15, -0.1) is 0 Å². The second kappa shape index (κ2) is 3.59. The molecule has 0 spiro atoms. The monoisotopic (exact) mass is 190 g/mol. The van der Waals surface area contributed by atoms with Crippen LogP contribution in [0.4, 0.5) is 8.78 Å². The van der Waals surface area contributed by atoms with Gasteiger partial charge in [0.15, 0.2) is 17.3 Å². The van der Waals surface area contributed by atoms with E-state index < -0.39 is 30.5 Å². The molecule has 1 aromatic carbocycles. The molecule has 0 heterocycles. The van der Waals surface area contributed by atoms with Crippen molar-refractivity contribution < 1.29 is 28.6 Å². The number of phenols is 1. The van der Waals surface area contributed by atoms with Crippen molar-refractivity contribution in [2.45, 2.75) is 0 Å². The Hall–Kier alpha value is -1.34. The maximum Gasteiger partial charge on any atom is 0.707 e. The van der Waals surface area contributed by atoms with Gasteiger partial charge in [0.05, 0.1) is 0 Å². The molecule has 3 N–H and O–H groups in total. The van der Waals surface area contributed by atoms with Crippen LogP contribution in [0.3, 0.4) is 0 Å². The molecule has 0 bridgehead atoms. The van der Waals surface area contributed by atoms with Gasteiger partial charge in [-0.2, -0.15) is 0 Å². The molecule has 0 fully saturated rings. The summed E-state index contributed by atoms with van der Waals surface area (Å²) in [5.74, 6) is -3.86. The zero-order valence-electron chi connectivity index (χ0n) is 6.24. The van der Waals surface area contributed by atoms with E-state index in [0.29, 0.717) is 12.1 Å². The molecule has 0 aliphatic rings. The Kier molecular flexibility index (Phi) is 2.69. The third kappa shape index (κ3) is 2.30. The Labute approximate surface area is 72.2 Å². The van der Waals surface area contributed by atoms with E-state index in [4.69, 9.17) is 15.2 Å². The molecule has 13 heavy (non-hydrogen) atoms. The number of halogens is 2. The zero-order valence-corrected chi connectivity index (χ0v) is 6.24. The molecular formula is C6H5BF2O4. The third-order valence-electron chi connectivity index (χ3n) is 1.21. The predicted molar refractivity (Wildman–Crippen MR) is 38.8 cm³/mol. The van der Waals surface area contributed by atoms with E-state index in [1.165, 1.54) is 0 Å². The van der Waals surface area contributed by atoms with Crippen LogP contribution in [0.2, 0.25) is 0 Å². The van der Waals surface area contributed by atoms with Crippen molar-refractivity contribution >= 4 is 7.32 Å². The summed E-state index contributed by atoms with van der Waals surface area (Å²) in [5, 5.41) is 25.5. The van der Waals surface area contributed by atoms with Crippen molar-refractivity contribution in [2.75, 3.05) is 0 Å². The molecule has 0 amide bonds. The summed E-state index contributed by atoms with van der Waals surface area (Å²) in [6.07, 6.45) is 0. The van der Waals surface area contributed by atoms with Gasteiger partial charge < -0.3 is 19.8 Å². The average Bonchev–Trinajstić information content (AvgIpc) is 1.96. The first-order chi connectivity index (χ1) is 6.00. The molecule has 0 radical (unpaired) electrons. The minimum absolute atomic E-state index is 0.442. The van der Waals surface area contributed by atoms with Gasteiger partial charge in [0.1, 0.15) is 5.82 Å². The van der Waals surface area contributed by atoms with Crippen molar-refractivity contribution in [2.24, 2.45) is 0 Å². The SMILES string of the molecule is OB(O)Oc1c(O)cc(F)cc1F. The standard InChI is InChI=1S/C6H5BF2O4/c8-3-1-4(9)6(5(10)2-3)13-7(11)12/h1-2,10-12H. The molecule has 0 aromatic heterocycles. The summed E-state index contributed by atoms with van der Waals surface area (Å²) in [5.41, 5.74) is 0. The minimum Gasteiger partial charge on any atom is -0.507 e. The van der Waals surface area contributed by atoms with Crippen LogP contribution in [0, 0.1) is 11.6 Å². The third-order valence-corrected chi connectivity index (χ3v) is 1.21. The summed E-state index contributed by atoms with van der Waals surface area (Å²) >= 11 is 0. The fraction of sp³-hybridized carbons (Fsp3) is 0. The normalized spacial score (nSPS) is 9.85. The second-order valence-electron chi connectivity index (χ2n) is 2.18. The number of benzene rings is 1. The van der Waals surface area contributed by atoms with Gasteiger partial charge in [-0.25, -0.2) is 8.78 Å². The van der Waals surface area contributed by atoms with Gasteiger partial charge in [-0.3, -0.25) is 0 Å². The summed E-state index contributed by atoms with van der Waals surface area (Å²) in [6.45, 7) is 0. The van der Waals surface area contributed by atoms with Crippen molar-refractivity contribution in [3.8, 4) is 11.5 Å². The first-order valence-corrected chi connectivity index (χ1v) is 3.21. The number of phenolic OH excluding ortho intramolecular Hbond substituents is 1. The Morgan fingerprint density at radius 1 is 1.23 bits per heavy atom. The number of aromatic hydroxyl groups is 1. The topological polar surface area (TPSA) is 69.9 Å². The molecule has 0 aliphatic carbocycles. The van der Waals surface area contributed by atoms with E-state index in [-0.39, 0.29) is 0 Å². The molecule has 0 unspecified atom stereocenters. The van der Waals surface area contributed by atoms with Crippen LogP contribution in [-0.4, -0.2) is 22.5 Å². The lowest BCUT2D eigenvalue weighted by atomic mass is 10.2. The molecule has 70 valence electrons. The maximum absolute atomic E-state index is 12.7. The molecular weight excluding hydrogens is 185 g/mol. The number of hydrogen-bond donors (Lipinski definition) is 3. The smallest absolute Gasteiger partial charge is 0.507 e. The minimum atomic E-state index is -2.27. The fourth-order valence-corrected chi connectivity index (χ4v) is 0.769. The number of hydrogen-bond acceptors (Lipinski definition) is 4. The second-order valence-corrected chi connectivity index (χ2v) is 2.18. The van der Waals surface area contributed by atoms with Crippen molar-refractivity contribution in [3.63, 3.8) is 0 Å². The molecule has 1 aromatic rings. The van der Waals surface area contributed by atoms with Gasteiger partial charge in [-0.1, -0.05) is 0 Å². The lowest BCUT2D eigenvalue weighted by molar-refractivity contribution is 0.273. The van der Waals surface area contributed by atoms with E-state index in [2.05, 4.69) is 4.65 Å². The molecule has 7 heteroatoms. The van der Waals surface area contributed by atoms with Crippen molar-refractivity contribution in [1.82, 2.24) is 0 Å². The number of rotatable bonds is 2. The molecule has 0 saturated carbocycles. The summed E-state index contributed by atoms with van der Waals surface area (Å²) in [4.78, 5) is 0. The Morgan fingerprint density at radius 3 is 2.31 bits per heavy atom. The highest BCUT2D eigenvalue weighted by Crippen LogP contribution is 2.29. The van der Waals surface area contributed by atoms with E-state index in [1.54, 1.807) is 0 Å². The summed E-state index contributed by atoms with van der Waals surface area (Å²) < 4.78 is 29.1. The Bertz CT molecular complexity index is 294. The lowest BCUT2D eigenvalue weighted by Gasteiger charge is -2.07. The molecule has 0 aliphatic heterocycles. The fourth-order valence-electron chi connectivity index (χ4n) is 0.769.